The molecule has 1 aliphatic heterocycles. The van der Waals surface area contributed by atoms with Crippen LogP contribution in [0.4, 0.5) is 0 Å². The van der Waals surface area contributed by atoms with Gasteiger partial charge in [0.05, 0.1) is 17.0 Å². The lowest BCUT2D eigenvalue weighted by atomic mass is 10.0. The van der Waals surface area contributed by atoms with Crippen LogP contribution in [0.15, 0.2) is 24.3 Å². The molecule has 0 spiro atoms. The molecule has 0 aliphatic carbocycles. The Bertz CT molecular complexity index is 684. The van der Waals surface area contributed by atoms with Gasteiger partial charge in [-0.05, 0) is 37.6 Å². The normalized spacial score (nSPS) is 23.2. The van der Waals surface area contributed by atoms with E-state index in [1.807, 2.05) is 0 Å². The number of hydrogen-bond acceptors (Lipinski definition) is 4. The summed E-state index contributed by atoms with van der Waals surface area (Å²) in [6.07, 6.45) is 0.527. The molecule has 120 valence electrons. The number of hydrogen-bond donors (Lipinski definition) is 1. The van der Waals surface area contributed by atoms with Crippen molar-refractivity contribution in [3.05, 3.63) is 34.9 Å². The Morgan fingerprint density at radius 2 is 1.86 bits per heavy atom. The van der Waals surface area contributed by atoms with Crippen LogP contribution in [0.5, 0.6) is 0 Å². The third kappa shape index (κ3) is 4.55. The summed E-state index contributed by atoms with van der Waals surface area (Å²) >= 11 is 5.75. The van der Waals surface area contributed by atoms with Crippen molar-refractivity contribution in [3.63, 3.8) is 0 Å². The zero-order valence-electron chi connectivity index (χ0n) is 12.3. The summed E-state index contributed by atoms with van der Waals surface area (Å²) in [6, 6.07) is 6.49. The minimum atomic E-state index is -3.07. The summed E-state index contributed by atoms with van der Waals surface area (Å²) in [5, 5.41) is 3.28. The van der Waals surface area contributed by atoms with E-state index in [0.717, 1.165) is 0 Å². The molecule has 1 aliphatic rings. The van der Waals surface area contributed by atoms with E-state index < -0.39 is 15.4 Å². The number of benzene rings is 1. The van der Waals surface area contributed by atoms with Crippen LogP contribution in [0.1, 0.15) is 36.5 Å². The van der Waals surface area contributed by atoms with Gasteiger partial charge in [0.2, 0.25) is 5.91 Å². The van der Waals surface area contributed by atoms with Crippen molar-refractivity contribution >= 4 is 33.1 Å². The highest BCUT2D eigenvalue weighted by molar-refractivity contribution is 7.91. The minimum absolute atomic E-state index is 0.0388. The van der Waals surface area contributed by atoms with Gasteiger partial charge >= 0.3 is 0 Å². The number of halogens is 1. The van der Waals surface area contributed by atoms with Gasteiger partial charge in [0, 0.05) is 23.4 Å². The number of Topliss-reactive ketones (excluding diaryl/α,β-unsaturated/α-hetero) is 1. The molecule has 1 aromatic rings. The lowest BCUT2D eigenvalue weighted by Gasteiger charge is -2.23. The molecule has 22 heavy (non-hydrogen) atoms. The fourth-order valence-electron chi connectivity index (χ4n) is 2.52. The minimum Gasteiger partial charge on any atom is -0.350 e. The average molecular weight is 344 g/mol. The van der Waals surface area contributed by atoms with Gasteiger partial charge in [-0.25, -0.2) is 8.42 Å². The average Bonchev–Trinajstić information content (AvgIpc) is 2.70. The SMILES string of the molecule is CC1(NC(=O)CCC(=O)c2ccc(Cl)cc2)CCS(=O)(=O)C1. The molecule has 1 heterocycles. The molecule has 1 aromatic carbocycles. The number of carbonyl (C=O) groups is 2. The Morgan fingerprint density at radius 1 is 1.23 bits per heavy atom. The Balaban J connectivity index is 1.85. The molecule has 0 aromatic heterocycles. The second-order valence-electron chi connectivity index (χ2n) is 5.88. The largest absolute Gasteiger partial charge is 0.350 e. The molecule has 1 fully saturated rings. The van der Waals surface area contributed by atoms with E-state index in [2.05, 4.69) is 5.32 Å². The maximum absolute atomic E-state index is 12.0. The van der Waals surface area contributed by atoms with Gasteiger partial charge in [-0.3, -0.25) is 9.59 Å². The second kappa shape index (κ2) is 6.38. The fourth-order valence-corrected chi connectivity index (χ4v) is 4.73. The quantitative estimate of drug-likeness (QED) is 0.829. The molecular weight excluding hydrogens is 326 g/mol. The lowest BCUT2D eigenvalue weighted by molar-refractivity contribution is -0.122. The van der Waals surface area contributed by atoms with Crippen molar-refractivity contribution in [2.24, 2.45) is 0 Å². The number of ketones is 1. The number of amides is 1. The van der Waals surface area contributed by atoms with Gasteiger partial charge in [-0.1, -0.05) is 11.6 Å². The van der Waals surface area contributed by atoms with Crippen LogP contribution in [0.3, 0.4) is 0 Å². The number of carbonyl (C=O) groups excluding carboxylic acids is 2. The van der Waals surface area contributed by atoms with Crippen molar-refractivity contribution in [2.45, 2.75) is 31.7 Å². The highest BCUT2D eigenvalue weighted by Crippen LogP contribution is 2.23. The molecule has 0 radical (unpaired) electrons. The fraction of sp³-hybridized carbons (Fsp3) is 0.467. The number of rotatable bonds is 5. The molecule has 1 amide bonds. The molecule has 5 nitrogen and oxygen atoms in total. The third-order valence-electron chi connectivity index (χ3n) is 3.69. The first-order valence-electron chi connectivity index (χ1n) is 6.99. The van der Waals surface area contributed by atoms with Crippen LogP contribution in [0, 0.1) is 0 Å². The van der Waals surface area contributed by atoms with Crippen LogP contribution in [0.2, 0.25) is 5.02 Å². The zero-order valence-corrected chi connectivity index (χ0v) is 13.8. The zero-order chi connectivity index (χ0) is 16.4. The summed E-state index contributed by atoms with van der Waals surface area (Å²) in [6.45, 7) is 1.72. The first-order chi connectivity index (χ1) is 10.2. The van der Waals surface area contributed by atoms with E-state index >= 15 is 0 Å². The molecule has 0 bridgehead atoms. The van der Waals surface area contributed by atoms with E-state index in [4.69, 9.17) is 11.6 Å². The van der Waals surface area contributed by atoms with E-state index in [9.17, 15) is 18.0 Å². The van der Waals surface area contributed by atoms with Gasteiger partial charge in [0.25, 0.3) is 0 Å². The van der Waals surface area contributed by atoms with Gasteiger partial charge in [0.15, 0.2) is 15.6 Å². The van der Waals surface area contributed by atoms with Gasteiger partial charge in [-0.15, -0.1) is 0 Å². The smallest absolute Gasteiger partial charge is 0.220 e. The summed E-state index contributed by atoms with van der Waals surface area (Å²) in [4.78, 5) is 23.9. The Labute approximate surface area is 135 Å². The highest BCUT2D eigenvalue weighted by Gasteiger charge is 2.39. The van der Waals surface area contributed by atoms with Crippen LogP contribution in [0.25, 0.3) is 0 Å². The molecule has 1 unspecified atom stereocenters. The monoisotopic (exact) mass is 343 g/mol. The lowest BCUT2D eigenvalue weighted by Crippen LogP contribution is -2.46. The van der Waals surface area contributed by atoms with E-state index in [0.29, 0.717) is 17.0 Å². The second-order valence-corrected chi connectivity index (χ2v) is 8.50. The molecule has 1 N–H and O–H groups in total. The topological polar surface area (TPSA) is 80.3 Å². The predicted octanol–water partition coefficient (Wildman–Crippen LogP) is 2.00. The summed E-state index contributed by atoms with van der Waals surface area (Å²) < 4.78 is 23.0. The molecule has 2 rings (SSSR count). The first-order valence-corrected chi connectivity index (χ1v) is 9.19. The van der Waals surface area contributed by atoms with Crippen LogP contribution in [-0.2, 0) is 14.6 Å². The highest BCUT2D eigenvalue weighted by atomic mass is 35.5. The van der Waals surface area contributed by atoms with Crippen LogP contribution in [-0.4, -0.2) is 37.2 Å². The summed E-state index contributed by atoms with van der Waals surface area (Å²) in [5.74, 6) is -0.400. The van der Waals surface area contributed by atoms with E-state index in [-0.39, 0.29) is 36.0 Å². The Kier molecular flexibility index (Phi) is 4.92. The maximum Gasteiger partial charge on any atom is 0.220 e. The van der Waals surface area contributed by atoms with E-state index in [1.165, 1.54) is 0 Å². The molecule has 1 saturated heterocycles. The van der Waals surface area contributed by atoms with Crippen molar-refractivity contribution < 1.29 is 18.0 Å². The van der Waals surface area contributed by atoms with Crippen LogP contribution < -0.4 is 5.32 Å². The molecular formula is C15H18ClNO4S. The van der Waals surface area contributed by atoms with Crippen LogP contribution >= 0.6 is 11.6 Å². The first kappa shape index (κ1) is 17.0. The van der Waals surface area contributed by atoms with Crippen molar-refractivity contribution in [3.8, 4) is 0 Å². The van der Waals surface area contributed by atoms with Crippen molar-refractivity contribution in [1.29, 1.82) is 0 Å². The van der Waals surface area contributed by atoms with Gasteiger partial charge in [-0.2, -0.15) is 0 Å². The number of sulfone groups is 1. The predicted molar refractivity (Wildman–Crippen MR) is 84.8 cm³/mol. The van der Waals surface area contributed by atoms with E-state index in [1.54, 1.807) is 31.2 Å². The molecule has 7 heteroatoms. The standard InChI is InChI=1S/C15H18ClNO4S/c1-15(8-9-22(20,21)10-15)17-14(19)7-6-13(18)11-2-4-12(16)5-3-11/h2-5H,6-10H2,1H3,(H,17,19). The Morgan fingerprint density at radius 3 is 2.41 bits per heavy atom. The maximum atomic E-state index is 12.0. The van der Waals surface area contributed by atoms with Crippen molar-refractivity contribution in [1.82, 2.24) is 5.32 Å². The molecule has 1 atom stereocenters. The third-order valence-corrected chi connectivity index (χ3v) is 5.84. The van der Waals surface area contributed by atoms with Gasteiger partial charge < -0.3 is 5.32 Å². The van der Waals surface area contributed by atoms with Gasteiger partial charge in [0.1, 0.15) is 0 Å². The number of nitrogens with one attached hydrogen (secondary N) is 1. The Hall–Kier alpha value is -1.40. The molecule has 0 saturated carbocycles. The van der Waals surface area contributed by atoms with Crippen molar-refractivity contribution in [2.75, 3.05) is 11.5 Å². The summed E-state index contributed by atoms with van der Waals surface area (Å²) in [5.41, 5.74) is -0.217. The summed E-state index contributed by atoms with van der Waals surface area (Å²) in [7, 11) is -3.07.